The van der Waals surface area contributed by atoms with Gasteiger partial charge in [-0.15, -0.1) is 0 Å². The molecule has 1 aliphatic rings. The second-order valence-electron chi connectivity index (χ2n) is 4.89. The third-order valence-electron chi connectivity index (χ3n) is 3.58. The number of hydrogen-bond donors (Lipinski definition) is 2. The number of aryl methyl sites for hydroxylation is 1. The average molecular weight is 303 g/mol. The van der Waals surface area contributed by atoms with E-state index < -0.39 is 0 Å². The van der Waals surface area contributed by atoms with Gasteiger partial charge in [0.25, 0.3) is 5.91 Å². The van der Waals surface area contributed by atoms with Crippen LogP contribution in [0.5, 0.6) is 0 Å². The molecule has 5 nitrogen and oxygen atoms in total. The van der Waals surface area contributed by atoms with Gasteiger partial charge in [-0.3, -0.25) is 4.79 Å². The van der Waals surface area contributed by atoms with E-state index in [1.165, 1.54) is 11.8 Å². The van der Waals surface area contributed by atoms with Crippen LogP contribution in [0.2, 0.25) is 5.02 Å². The molecule has 2 aromatic rings. The molecule has 0 fully saturated rings. The molecule has 1 amide bonds. The Morgan fingerprint density at radius 2 is 2.19 bits per heavy atom. The van der Waals surface area contributed by atoms with Gasteiger partial charge >= 0.3 is 0 Å². The lowest BCUT2D eigenvalue weighted by Crippen LogP contribution is -2.35. The van der Waals surface area contributed by atoms with Gasteiger partial charge in [0.1, 0.15) is 0 Å². The Kier molecular flexibility index (Phi) is 3.77. The van der Waals surface area contributed by atoms with Crippen LogP contribution in [0, 0.1) is 0 Å². The molecule has 3 rings (SSSR count). The smallest absolute Gasteiger partial charge is 0.259 e. The summed E-state index contributed by atoms with van der Waals surface area (Å²) in [5.74, 6) is 5.55. The number of fused-ring (bicyclic) bond motifs is 1. The summed E-state index contributed by atoms with van der Waals surface area (Å²) in [6.45, 7) is 0.699. The molecule has 1 aliphatic heterocycles. The summed E-state index contributed by atoms with van der Waals surface area (Å²) in [6.07, 6.45) is 3.43. The molecule has 3 N–H and O–H groups in total. The van der Waals surface area contributed by atoms with Crippen molar-refractivity contribution in [3.63, 3.8) is 0 Å². The lowest BCUT2D eigenvalue weighted by Gasteiger charge is -2.29. The van der Waals surface area contributed by atoms with Crippen LogP contribution in [0.4, 0.5) is 11.5 Å². The van der Waals surface area contributed by atoms with Gasteiger partial charge in [0.05, 0.1) is 10.6 Å². The first kappa shape index (κ1) is 13.9. The number of nitrogens with zero attached hydrogens (tertiary/aromatic N) is 2. The van der Waals surface area contributed by atoms with E-state index in [-0.39, 0.29) is 5.91 Å². The Hall–Kier alpha value is -2.11. The van der Waals surface area contributed by atoms with Crippen molar-refractivity contribution in [3.8, 4) is 0 Å². The normalized spacial score (nSPS) is 13.7. The number of rotatable bonds is 2. The third kappa shape index (κ3) is 2.57. The summed E-state index contributed by atoms with van der Waals surface area (Å²) in [5.41, 5.74) is 5.00. The van der Waals surface area contributed by atoms with Gasteiger partial charge in [-0.25, -0.2) is 10.8 Å². The van der Waals surface area contributed by atoms with Crippen molar-refractivity contribution >= 4 is 29.0 Å². The SMILES string of the molecule is NNc1ncc(C(=O)N2CCCc3ccccc32)cc1Cl. The molecule has 0 saturated carbocycles. The van der Waals surface area contributed by atoms with Crippen LogP contribution in [0.15, 0.2) is 36.5 Å². The van der Waals surface area contributed by atoms with E-state index in [1.807, 2.05) is 18.2 Å². The molecule has 0 radical (unpaired) electrons. The number of aromatic nitrogens is 1. The standard InChI is InChI=1S/C15H15ClN4O/c16-12-8-11(9-18-14(12)19-17)15(21)20-7-3-5-10-4-1-2-6-13(10)20/h1-2,4,6,8-9H,3,5,7,17H2,(H,18,19). The van der Waals surface area contributed by atoms with Crippen LogP contribution >= 0.6 is 11.6 Å². The number of carbonyl (C=O) groups is 1. The number of nitrogen functional groups attached to an aromatic ring is 1. The molecule has 6 heteroatoms. The Labute approximate surface area is 127 Å². The number of benzene rings is 1. The number of hydrazine groups is 1. The molecule has 0 unspecified atom stereocenters. The summed E-state index contributed by atoms with van der Waals surface area (Å²) < 4.78 is 0. The second kappa shape index (κ2) is 5.71. The Balaban J connectivity index is 1.95. The zero-order chi connectivity index (χ0) is 14.8. The fraction of sp³-hybridized carbons (Fsp3) is 0.200. The highest BCUT2D eigenvalue weighted by Crippen LogP contribution is 2.29. The predicted octanol–water partition coefficient (Wildman–Crippen LogP) is 2.61. The van der Waals surface area contributed by atoms with Crippen molar-refractivity contribution in [3.05, 3.63) is 52.7 Å². The molecule has 2 heterocycles. The maximum absolute atomic E-state index is 12.7. The zero-order valence-corrected chi connectivity index (χ0v) is 12.1. The number of carbonyl (C=O) groups excluding carboxylic acids is 1. The maximum atomic E-state index is 12.7. The number of hydrogen-bond acceptors (Lipinski definition) is 4. The van der Waals surface area contributed by atoms with Crippen LogP contribution in [0.1, 0.15) is 22.3 Å². The molecule has 0 bridgehead atoms. The molecule has 0 saturated heterocycles. The van der Waals surface area contributed by atoms with Crippen molar-refractivity contribution in [1.29, 1.82) is 0 Å². The number of anilines is 2. The zero-order valence-electron chi connectivity index (χ0n) is 11.3. The summed E-state index contributed by atoms with van der Waals surface area (Å²) in [6, 6.07) is 9.55. The third-order valence-corrected chi connectivity index (χ3v) is 3.87. The van der Waals surface area contributed by atoms with Crippen molar-refractivity contribution in [2.24, 2.45) is 5.84 Å². The minimum absolute atomic E-state index is 0.0971. The Bertz CT molecular complexity index is 689. The first-order valence-corrected chi connectivity index (χ1v) is 7.10. The average Bonchev–Trinajstić information content (AvgIpc) is 2.53. The number of nitrogens with two attached hydrogens (primary N) is 1. The second-order valence-corrected chi connectivity index (χ2v) is 5.30. The molecular formula is C15H15ClN4O. The number of para-hydroxylation sites is 1. The lowest BCUT2D eigenvalue weighted by molar-refractivity contribution is 0.0985. The topological polar surface area (TPSA) is 71.2 Å². The maximum Gasteiger partial charge on any atom is 0.259 e. The highest BCUT2D eigenvalue weighted by Gasteiger charge is 2.23. The van der Waals surface area contributed by atoms with Crippen LogP contribution < -0.4 is 16.2 Å². The van der Waals surface area contributed by atoms with Gasteiger partial charge in [0.15, 0.2) is 5.82 Å². The number of halogens is 1. The molecule has 108 valence electrons. The van der Waals surface area contributed by atoms with Gasteiger partial charge in [-0.05, 0) is 30.5 Å². The molecular weight excluding hydrogens is 288 g/mol. The van der Waals surface area contributed by atoms with E-state index in [4.69, 9.17) is 17.4 Å². The monoisotopic (exact) mass is 302 g/mol. The summed E-state index contributed by atoms with van der Waals surface area (Å²) >= 11 is 6.04. The number of pyridine rings is 1. The summed E-state index contributed by atoms with van der Waals surface area (Å²) in [4.78, 5) is 18.5. The first-order valence-electron chi connectivity index (χ1n) is 6.72. The minimum atomic E-state index is -0.0971. The molecule has 0 aliphatic carbocycles. The molecule has 0 atom stereocenters. The van der Waals surface area contributed by atoms with Crippen molar-refractivity contribution < 1.29 is 4.79 Å². The molecule has 1 aromatic carbocycles. The van der Waals surface area contributed by atoms with Crippen molar-refractivity contribution in [1.82, 2.24) is 4.98 Å². The fourth-order valence-corrected chi connectivity index (χ4v) is 2.78. The van der Waals surface area contributed by atoms with E-state index in [9.17, 15) is 4.79 Å². The minimum Gasteiger partial charge on any atom is -0.308 e. The van der Waals surface area contributed by atoms with E-state index >= 15 is 0 Å². The van der Waals surface area contributed by atoms with E-state index in [0.29, 0.717) is 22.9 Å². The van der Waals surface area contributed by atoms with Crippen molar-refractivity contribution in [2.75, 3.05) is 16.9 Å². The Morgan fingerprint density at radius 3 is 2.95 bits per heavy atom. The molecule has 21 heavy (non-hydrogen) atoms. The largest absolute Gasteiger partial charge is 0.308 e. The molecule has 1 aromatic heterocycles. The van der Waals surface area contributed by atoms with Gasteiger partial charge in [-0.2, -0.15) is 0 Å². The number of nitrogens with one attached hydrogen (secondary N) is 1. The molecule has 0 spiro atoms. The Morgan fingerprint density at radius 1 is 1.38 bits per heavy atom. The summed E-state index contributed by atoms with van der Waals surface area (Å²) in [7, 11) is 0. The summed E-state index contributed by atoms with van der Waals surface area (Å²) in [5, 5.41) is 0.327. The van der Waals surface area contributed by atoms with E-state index in [1.54, 1.807) is 11.0 Å². The van der Waals surface area contributed by atoms with Gasteiger partial charge in [0.2, 0.25) is 0 Å². The highest BCUT2D eigenvalue weighted by atomic mass is 35.5. The highest BCUT2D eigenvalue weighted by molar-refractivity contribution is 6.33. The van der Waals surface area contributed by atoms with Crippen LogP contribution in [0.25, 0.3) is 0 Å². The van der Waals surface area contributed by atoms with Crippen LogP contribution in [-0.2, 0) is 6.42 Å². The number of amides is 1. The van der Waals surface area contributed by atoms with Crippen LogP contribution in [0.3, 0.4) is 0 Å². The van der Waals surface area contributed by atoms with Gasteiger partial charge in [0, 0.05) is 18.4 Å². The van der Waals surface area contributed by atoms with E-state index in [0.717, 1.165) is 18.5 Å². The van der Waals surface area contributed by atoms with Gasteiger partial charge < -0.3 is 10.3 Å². The van der Waals surface area contributed by atoms with E-state index in [2.05, 4.69) is 16.5 Å². The fourth-order valence-electron chi connectivity index (χ4n) is 2.56. The predicted molar refractivity (Wildman–Crippen MR) is 83.5 cm³/mol. The lowest BCUT2D eigenvalue weighted by atomic mass is 10.0. The quantitative estimate of drug-likeness (QED) is 0.661. The van der Waals surface area contributed by atoms with Crippen LogP contribution in [-0.4, -0.2) is 17.4 Å². The first-order chi connectivity index (χ1) is 10.2. The van der Waals surface area contributed by atoms with Gasteiger partial charge in [-0.1, -0.05) is 29.8 Å². The van der Waals surface area contributed by atoms with Crippen molar-refractivity contribution in [2.45, 2.75) is 12.8 Å².